The smallest absolute Gasteiger partial charge is 0.243 e. The first kappa shape index (κ1) is 19.6. The zero-order valence-corrected chi connectivity index (χ0v) is 16.7. The second kappa shape index (κ2) is 9.66. The number of rotatable bonds is 7. The molecular formula is C27H24N2O. The molecule has 148 valence electrons. The molecule has 1 N–H and O–H groups in total. The maximum atomic E-state index is 12.6. The molecule has 0 heterocycles. The van der Waals surface area contributed by atoms with Gasteiger partial charge in [-0.25, -0.2) is 5.43 Å². The highest BCUT2D eigenvalue weighted by Gasteiger charge is 2.43. The van der Waals surface area contributed by atoms with E-state index in [0.29, 0.717) is 11.6 Å². The molecule has 1 aliphatic carbocycles. The molecule has 1 aliphatic rings. The second-order valence-electron chi connectivity index (χ2n) is 7.36. The summed E-state index contributed by atoms with van der Waals surface area (Å²) in [5.74, 6) is 0.265. The summed E-state index contributed by atoms with van der Waals surface area (Å²) in [6, 6.07) is 30.3. The predicted molar refractivity (Wildman–Crippen MR) is 124 cm³/mol. The number of hydrazone groups is 1. The van der Waals surface area contributed by atoms with E-state index in [1.165, 1.54) is 5.56 Å². The summed E-state index contributed by atoms with van der Waals surface area (Å²) in [7, 11) is 0. The van der Waals surface area contributed by atoms with E-state index < -0.39 is 0 Å². The molecule has 3 nitrogen and oxygen atoms in total. The van der Waals surface area contributed by atoms with Gasteiger partial charge in [-0.3, -0.25) is 4.79 Å². The molecule has 0 saturated heterocycles. The highest BCUT2D eigenvalue weighted by Crippen LogP contribution is 2.47. The van der Waals surface area contributed by atoms with Crippen LogP contribution in [0, 0.1) is 5.92 Å². The lowest BCUT2D eigenvalue weighted by atomic mass is 10.1. The Bertz CT molecular complexity index is 1000. The number of nitrogens with zero attached hydrogens (tertiary/aromatic N) is 1. The number of amides is 1. The van der Waals surface area contributed by atoms with Crippen molar-refractivity contribution in [3.8, 4) is 0 Å². The fourth-order valence-electron chi connectivity index (χ4n) is 3.38. The SMILES string of the molecule is O=C(NN=C(/C=C/c1ccccc1)/C=C/c1ccccc1)[C@@H]1C[C@@H]1c1ccccc1. The molecule has 2 atom stereocenters. The average molecular weight is 393 g/mol. The van der Waals surface area contributed by atoms with Gasteiger partial charge in [0.15, 0.2) is 0 Å². The summed E-state index contributed by atoms with van der Waals surface area (Å²) < 4.78 is 0. The number of carbonyl (C=O) groups excluding carboxylic acids is 1. The van der Waals surface area contributed by atoms with Crippen molar-refractivity contribution >= 4 is 23.8 Å². The molecule has 4 rings (SSSR count). The first-order chi connectivity index (χ1) is 14.8. The first-order valence-electron chi connectivity index (χ1n) is 10.2. The van der Waals surface area contributed by atoms with Gasteiger partial charge in [0.25, 0.3) is 0 Å². The number of carbonyl (C=O) groups is 1. The minimum absolute atomic E-state index is 0.00592. The minimum atomic E-state index is -0.0254. The zero-order valence-electron chi connectivity index (χ0n) is 16.7. The van der Waals surface area contributed by atoms with Gasteiger partial charge in [0.05, 0.1) is 5.71 Å². The molecule has 1 fully saturated rings. The number of hydrogen-bond acceptors (Lipinski definition) is 2. The molecule has 0 spiro atoms. The molecule has 3 aromatic rings. The van der Waals surface area contributed by atoms with Gasteiger partial charge in [-0.2, -0.15) is 5.10 Å². The Morgan fingerprint density at radius 2 is 1.27 bits per heavy atom. The van der Waals surface area contributed by atoms with E-state index in [2.05, 4.69) is 22.7 Å². The first-order valence-corrected chi connectivity index (χ1v) is 10.2. The Kier molecular flexibility index (Phi) is 6.31. The van der Waals surface area contributed by atoms with Crippen molar-refractivity contribution in [3.05, 3.63) is 120 Å². The van der Waals surface area contributed by atoms with Crippen molar-refractivity contribution in [3.63, 3.8) is 0 Å². The lowest BCUT2D eigenvalue weighted by molar-refractivity contribution is -0.122. The summed E-state index contributed by atoms with van der Waals surface area (Å²) in [5.41, 5.74) is 6.83. The van der Waals surface area contributed by atoms with Gasteiger partial charge in [-0.05, 0) is 41.2 Å². The van der Waals surface area contributed by atoms with Crippen LogP contribution in [0.5, 0.6) is 0 Å². The Morgan fingerprint density at radius 1 is 0.767 bits per heavy atom. The molecule has 0 aromatic heterocycles. The summed E-state index contributed by atoms with van der Waals surface area (Å²) in [5, 5.41) is 4.39. The van der Waals surface area contributed by atoms with Crippen LogP contribution in [0.4, 0.5) is 0 Å². The predicted octanol–water partition coefficient (Wildman–Crippen LogP) is 5.69. The summed E-state index contributed by atoms with van der Waals surface area (Å²) in [6.07, 6.45) is 8.68. The molecule has 0 radical (unpaired) electrons. The quantitative estimate of drug-likeness (QED) is 0.407. The Labute approximate surface area is 177 Å². The fraction of sp³-hybridized carbons (Fsp3) is 0.111. The van der Waals surface area contributed by atoms with Crippen molar-refractivity contribution < 1.29 is 4.79 Å². The van der Waals surface area contributed by atoms with Crippen LogP contribution in [0.3, 0.4) is 0 Å². The number of hydrogen-bond donors (Lipinski definition) is 1. The van der Waals surface area contributed by atoms with Crippen LogP contribution in [-0.4, -0.2) is 11.6 Å². The van der Waals surface area contributed by atoms with Crippen molar-refractivity contribution in [1.82, 2.24) is 5.43 Å². The summed E-state index contributed by atoms with van der Waals surface area (Å²) in [6.45, 7) is 0. The van der Waals surface area contributed by atoms with E-state index in [1.807, 2.05) is 103 Å². The standard InChI is InChI=1S/C27H24N2O/c30-27(26-20-25(26)23-14-8-3-9-15-23)29-28-24(18-16-21-10-4-1-5-11-21)19-17-22-12-6-2-7-13-22/h1-19,25-26H,20H2,(H,29,30)/b18-16+,19-17+/t25-,26-/m1/s1. The van der Waals surface area contributed by atoms with Crippen molar-refractivity contribution in [1.29, 1.82) is 0 Å². The average Bonchev–Trinajstić information content (AvgIpc) is 3.61. The third-order valence-electron chi connectivity index (χ3n) is 5.14. The van der Waals surface area contributed by atoms with Gasteiger partial charge in [0, 0.05) is 5.92 Å². The van der Waals surface area contributed by atoms with E-state index in [9.17, 15) is 4.79 Å². The maximum absolute atomic E-state index is 12.6. The number of benzene rings is 3. The highest BCUT2D eigenvalue weighted by atomic mass is 16.2. The van der Waals surface area contributed by atoms with Crippen molar-refractivity contribution in [2.75, 3.05) is 0 Å². The van der Waals surface area contributed by atoms with Gasteiger partial charge >= 0.3 is 0 Å². The van der Waals surface area contributed by atoms with Crippen LogP contribution in [0.25, 0.3) is 12.2 Å². The van der Waals surface area contributed by atoms with Crippen LogP contribution in [0.15, 0.2) is 108 Å². The molecular weight excluding hydrogens is 368 g/mol. The lowest BCUT2D eigenvalue weighted by Gasteiger charge is -2.02. The number of allylic oxidation sites excluding steroid dienone is 2. The van der Waals surface area contributed by atoms with E-state index in [0.717, 1.165) is 17.5 Å². The largest absolute Gasteiger partial charge is 0.273 e. The van der Waals surface area contributed by atoms with E-state index >= 15 is 0 Å². The normalized spacial score (nSPS) is 17.7. The fourth-order valence-corrected chi connectivity index (χ4v) is 3.38. The third-order valence-corrected chi connectivity index (χ3v) is 5.14. The van der Waals surface area contributed by atoms with Crippen molar-refractivity contribution in [2.24, 2.45) is 11.0 Å². The van der Waals surface area contributed by atoms with Crippen LogP contribution >= 0.6 is 0 Å². The molecule has 30 heavy (non-hydrogen) atoms. The molecule has 0 unspecified atom stereocenters. The second-order valence-corrected chi connectivity index (χ2v) is 7.36. The van der Waals surface area contributed by atoms with Crippen LogP contribution < -0.4 is 5.43 Å². The van der Waals surface area contributed by atoms with Crippen molar-refractivity contribution in [2.45, 2.75) is 12.3 Å². The lowest BCUT2D eigenvalue weighted by Crippen LogP contribution is -2.21. The molecule has 3 heteroatoms. The zero-order chi connectivity index (χ0) is 20.6. The van der Waals surface area contributed by atoms with Gasteiger partial charge in [0.2, 0.25) is 5.91 Å². The van der Waals surface area contributed by atoms with E-state index in [-0.39, 0.29) is 11.8 Å². The van der Waals surface area contributed by atoms with Crippen LogP contribution in [0.1, 0.15) is 29.0 Å². The maximum Gasteiger partial charge on any atom is 0.243 e. The highest BCUT2D eigenvalue weighted by molar-refractivity contribution is 6.09. The van der Waals surface area contributed by atoms with Gasteiger partial charge in [0.1, 0.15) is 0 Å². The molecule has 3 aromatic carbocycles. The van der Waals surface area contributed by atoms with E-state index in [4.69, 9.17) is 0 Å². The molecule has 0 aliphatic heterocycles. The summed E-state index contributed by atoms with van der Waals surface area (Å²) >= 11 is 0. The third kappa shape index (κ3) is 5.42. The topological polar surface area (TPSA) is 41.5 Å². The monoisotopic (exact) mass is 392 g/mol. The molecule has 1 amide bonds. The molecule has 0 bridgehead atoms. The Morgan fingerprint density at radius 3 is 1.80 bits per heavy atom. The molecule has 1 saturated carbocycles. The van der Waals surface area contributed by atoms with Gasteiger partial charge in [-0.1, -0.05) is 103 Å². The Hall–Kier alpha value is -3.72. The van der Waals surface area contributed by atoms with Crippen LogP contribution in [-0.2, 0) is 4.79 Å². The summed E-state index contributed by atoms with van der Waals surface area (Å²) in [4.78, 5) is 12.6. The van der Waals surface area contributed by atoms with E-state index in [1.54, 1.807) is 0 Å². The number of nitrogens with one attached hydrogen (secondary N) is 1. The van der Waals surface area contributed by atoms with Gasteiger partial charge < -0.3 is 0 Å². The minimum Gasteiger partial charge on any atom is -0.273 e. The van der Waals surface area contributed by atoms with Crippen LogP contribution in [0.2, 0.25) is 0 Å². The Balaban J connectivity index is 1.46. The van der Waals surface area contributed by atoms with Gasteiger partial charge in [-0.15, -0.1) is 0 Å².